The zero-order valence-corrected chi connectivity index (χ0v) is 14.8. The second kappa shape index (κ2) is 6.86. The first-order valence-electron chi connectivity index (χ1n) is 7.94. The number of azide groups is 1. The molecule has 0 radical (unpaired) electrons. The number of fused-ring (bicyclic) bond motifs is 1. The van der Waals surface area contributed by atoms with Crippen molar-refractivity contribution in [1.29, 1.82) is 0 Å². The Kier molecular flexibility index (Phi) is 4.58. The summed E-state index contributed by atoms with van der Waals surface area (Å²) in [7, 11) is 1.22. The van der Waals surface area contributed by atoms with Crippen LogP contribution in [0.25, 0.3) is 21.7 Å². The van der Waals surface area contributed by atoms with Crippen molar-refractivity contribution in [2.45, 2.75) is 13.8 Å². The Labute approximate surface area is 154 Å². The molecule has 0 atom stereocenters. The van der Waals surface area contributed by atoms with Crippen LogP contribution in [0.5, 0.6) is 0 Å². The van der Waals surface area contributed by atoms with Crippen LogP contribution in [0.2, 0.25) is 0 Å². The Balaban J connectivity index is 2.23. The van der Waals surface area contributed by atoms with Crippen LogP contribution in [0, 0.1) is 6.92 Å². The summed E-state index contributed by atoms with van der Waals surface area (Å²) in [5, 5.41) is 3.31. The van der Waals surface area contributed by atoms with Crippen LogP contribution in [-0.2, 0) is 4.74 Å². The molecule has 3 rings (SSSR count). The number of allylic oxidation sites excluding steroid dienone is 2. The summed E-state index contributed by atoms with van der Waals surface area (Å²) in [6.07, 6.45) is 0. The van der Waals surface area contributed by atoms with Gasteiger partial charge in [-0.15, -0.1) is 0 Å². The fourth-order valence-corrected chi connectivity index (χ4v) is 2.91. The third-order valence-corrected chi connectivity index (χ3v) is 4.20. The third-order valence-electron chi connectivity index (χ3n) is 4.20. The first kappa shape index (κ1) is 18.0. The van der Waals surface area contributed by atoms with E-state index in [-0.39, 0.29) is 22.8 Å². The van der Waals surface area contributed by atoms with E-state index < -0.39 is 17.3 Å². The van der Waals surface area contributed by atoms with Crippen LogP contribution >= 0.6 is 0 Å². The van der Waals surface area contributed by atoms with Crippen molar-refractivity contribution in [3.05, 3.63) is 74.6 Å². The minimum Gasteiger partial charge on any atom is -0.492 e. The molecule has 8 heteroatoms. The molecule has 1 aliphatic rings. The summed E-state index contributed by atoms with van der Waals surface area (Å²) < 4.78 is 4.97. The molecule has 0 aliphatic heterocycles. The lowest BCUT2D eigenvalue weighted by Crippen LogP contribution is -2.24. The van der Waals surface area contributed by atoms with Crippen molar-refractivity contribution in [3.8, 4) is 11.3 Å². The Morgan fingerprint density at radius 2 is 1.93 bits per heavy atom. The number of ether oxygens (including phenoxy) is 1. The van der Waals surface area contributed by atoms with Gasteiger partial charge in [0.05, 0.1) is 18.4 Å². The van der Waals surface area contributed by atoms with E-state index in [9.17, 15) is 14.4 Å². The number of methoxy groups -OCH3 is 1. The quantitative estimate of drug-likeness (QED) is 0.354. The zero-order valence-electron chi connectivity index (χ0n) is 14.8. The first-order chi connectivity index (χ1) is 12.9. The predicted octanol–water partition coefficient (Wildman–Crippen LogP) is 3.81. The lowest BCUT2D eigenvalue weighted by Gasteiger charge is -2.19. The molecule has 0 spiro atoms. The normalized spacial score (nSPS) is 13.1. The average molecular weight is 362 g/mol. The van der Waals surface area contributed by atoms with Crippen molar-refractivity contribution in [1.82, 2.24) is 4.98 Å². The van der Waals surface area contributed by atoms with Gasteiger partial charge in [-0.3, -0.25) is 14.4 Å². The number of rotatable bonds is 4. The van der Waals surface area contributed by atoms with Gasteiger partial charge < -0.3 is 4.74 Å². The second-order valence-corrected chi connectivity index (χ2v) is 5.92. The van der Waals surface area contributed by atoms with E-state index in [2.05, 4.69) is 15.0 Å². The van der Waals surface area contributed by atoms with Gasteiger partial charge in [0.1, 0.15) is 11.4 Å². The van der Waals surface area contributed by atoms with Crippen LogP contribution in [0.15, 0.2) is 46.9 Å². The van der Waals surface area contributed by atoms with Gasteiger partial charge >= 0.3 is 0 Å². The molecule has 0 bridgehead atoms. The number of hydrogen-bond acceptors (Lipinski definition) is 6. The van der Waals surface area contributed by atoms with Crippen molar-refractivity contribution in [2.24, 2.45) is 5.11 Å². The highest BCUT2D eigenvalue weighted by molar-refractivity contribution is 6.25. The highest BCUT2D eigenvalue weighted by atomic mass is 16.5. The van der Waals surface area contributed by atoms with Gasteiger partial charge in [-0.2, -0.15) is 0 Å². The van der Waals surface area contributed by atoms with E-state index in [0.29, 0.717) is 22.4 Å². The molecule has 0 amide bonds. The monoisotopic (exact) mass is 362 g/mol. The highest BCUT2D eigenvalue weighted by Crippen LogP contribution is 2.31. The number of hydrogen-bond donors (Lipinski definition) is 0. The molecule has 2 aromatic rings. The summed E-state index contributed by atoms with van der Waals surface area (Å²) in [5.74, 6) is -1.67. The molecule has 1 heterocycles. The molecule has 0 fully saturated rings. The third kappa shape index (κ3) is 2.98. The van der Waals surface area contributed by atoms with Gasteiger partial charge in [0.15, 0.2) is 11.5 Å². The van der Waals surface area contributed by atoms with Crippen molar-refractivity contribution in [2.75, 3.05) is 7.11 Å². The number of aryl methyl sites for hydroxylation is 1. The van der Waals surface area contributed by atoms with E-state index in [0.717, 1.165) is 0 Å². The predicted molar refractivity (Wildman–Crippen MR) is 96.3 cm³/mol. The number of benzene rings is 1. The maximum Gasteiger partial charge on any atom is 0.230 e. The standard InChI is InChI=1S/C19H14N4O4/c1-9-7-13-15(18(26)16(22-23-20)19(27-3)17(13)25)21-14(9)12-6-4-5-11(8-12)10(2)24/h4-8H,1-3H3. The molecule has 0 saturated carbocycles. The molecule has 0 unspecified atom stereocenters. The molecular formula is C19H14N4O4. The van der Waals surface area contributed by atoms with Gasteiger partial charge in [0.25, 0.3) is 0 Å². The summed E-state index contributed by atoms with van der Waals surface area (Å²) in [4.78, 5) is 43.9. The van der Waals surface area contributed by atoms with Crippen molar-refractivity contribution in [3.63, 3.8) is 0 Å². The number of ketones is 3. The minimum atomic E-state index is -0.691. The van der Waals surface area contributed by atoms with Crippen molar-refractivity contribution < 1.29 is 19.1 Å². The maximum atomic E-state index is 12.7. The van der Waals surface area contributed by atoms with E-state index in [1.54, 1.807) is 37.3 Å². The minimum absolute atomic E-state index is 0.0812. The van der Waals surface area contributed by atoms with E-state index in [1.165, 1.54) is 14.0 Å². The van der Waals surface area contributed by atoms with Gasteiger partial charge in [-0.1, -0.05) is 23.3 Å². The van der Waals surface area contributed by atoms with Crippen molar-refractivity contribution >= 4 is 17.3 Å². The molecule has 0 N–H and O–H groups in total. The molecule has 1 aliphatic carbocycles. The van der Waals surface area contributed by atoms with E-state index >= 15 is 0 Å². The maximum absolute atomic E-state index is 12.7. The summed E-state index contributed by atoms with van der Waals surface area (Å²) in [6, 6.07) is 8.37. The number of carbonyl (C=O) groups is 3. The van der Waals surface area contributed by atoms with Gasteiger partial charge in [-0.25, -0.2) is 4.98 Å². The summed E-state index contributed by atoms with van der Waals surface area (Å²) in [6.45, 7) is 3.21. The van der Waals surface area contributed by atoms with E-state index in [1.807, 2.05) is 0 Å². The van der Waals surface area contributed by atoms with Crippen LogP contribution in [0.1, 0.15) is 43.7 Å². The Bertz CT molecular complexity index is 1090. The Hall–Kier alpha value is -3.77. The molecule has 8 nitrogen and oxygen atoms in total. The largest absolute Gasteiger partial charge is 0.492 e. The zero-order chi connectivity index (χ0) is 19.7. The number of nitrogens with zero attached hydrogens (tertiary/aromatic N) is 4. The number of carbonyl (C=O) groups excluding carboxylic acids is 3. The van der Waals surface area contributed by atoms with E-state index in [4.69, 9.17) is 10.3 Å². The topological polar surface area (TPSA) is 122 Å². The SMILES string of the molecule is COC1=C(N=[N+]=[N-])C(=O)c2nc(-c3cccc(C(C)=O)c3)c(C)cc2C1=O. The number of Topliss-reactive ketones (excluding diaryl/α,β-unsaturated/α-hetero) is 3. The molecular weight excluding hydrogens is 348 g/mol. The fourth-order valence-electron chi connectivity index (χ4n) is 2.91. The number of pyridine rings is 1. The lowest BCUT2D eigenvalue weighted by molar-refractivity contribution is 0.0902. The molecule has 1 aromatic heterocycles. The summed E-state index contributed by atoms with van der Waals surface area (Å²) in [5.41, 5.74) is 10.5. The first-order valence-corrected chi connectivity index (χ1v) is 7.94. The fraction of sp³-hybridized carbons (Fsp3) is 0.158. The van der Waals surface area contributed by atoms with Crippen LogP contribution in [-0.4, -0.2) is 29.4 Å². The molecule has 134 valence electrons. The van der Waals surface area contributed by atoms with Gasteiger partial charge in [0, 0.05) is 16.0 Å². The van der Waals surface area contributed by atoms with Crippen LogP contribution in [0.4, 0.5) is 0 Å². The van der Waals surface area contributed by atoms with Crippen LogP contribution in [0.3, 0.4) is 0 Å². The lowest BCUT2D eigenvalue weighted by atomic mass is 9.92. The molecule has 0 saturated heterocycles. The average Bonchev–Trinajstić information content (AvgIpc) is 2.66. The van der Waals surface area contributed by atoms with Gasteiger partial charge in [-0.05, 0) is 37.1 Å². The number of aromatic nitrogens is 1. The van der Waals surface area contributed by atoms with Gasteiger partial charge in [0.2, 0.25) is 11.6 Å². The Morgan fingerprint density at radius 3 is 2.56 bits per heavy atom. The second-order valence-electron chi connectivity index (χ2n) is 5.92. The highest BCUT2D eigenvalue weighted by Gasteiger charge is 2.35. The smallest absolute Gasteiger partial charge is 0.230 e. The van der Waals surface area contributed by atoms with Crippen LogP contribution < -0.4 is 0 Å². The Morgan fingerprint density at radius 1 is 1.19 bits per heavy atom. The summed E-state index contributed by atoms with van der Waals surface area (Å²) >= 11 is 0. The molecule has 27 heavy (non-hydrogen) atoms. The molecule has 1 aromatic carbocycles.